The van der Waals surface area contributed by atoms with Crippen LogP contribution in [0.1, 0.15) is 0 Å². The Labute approximate surface area is 53.5 Å². The fourth-order valence-corrected chi connectivity index (χ4v) is 0.633. The number of aliphatic hydroxyl groups excluding tert-OH is 1. The Morgan fingerprint density at radius 3 is 2.25 bits per heavy atom. The molecule has 0 aromatic carbocycles. The fraction of sp³-hybridized carbons (Fsp3) is 1.00. The zero-order valence-corrected chi connectivity index (χ0v) is 5.12. The van der Waals surface area contributed by atoms with Crippen molar-refractivity contribution in [3.8, 4) is 0 Å². The van der Waals surface area contributed by atoms with Gasteiger partial charge >= 0.3 is 0 Å². The van der Waals surface area contributed by atoms with Crippen LogP contribution >= 0.6 is 12.4 Å². The summed E-state index contributed by atoms with van der Waals surface area (Å²) in [5, 5.41) is 11.3. The molecule has 1 rings (SSSR count). The van der Waals surface area contributed by atoms with Gasteiger partial charge in [0, 0.05) is 13.1 Å². The van der Waals surface area contributed by atoms with Gasteiger partial charge in [0.2, 0.25) is 0 Å². The molecular weight excluding hydrogens is 133 g/mol. The maximum Gasteiger partial charge on any atom is 0.139 e. The van der Waals surface area contributed by atoms with Crippen molar-refractivity contribution in [2.45, 2.75) is 12.3 Å². The number of aliphatic hydroxyl groups is 1. The summed E-state index contributed by atoms with van der Waals surface area (Å²) in [7, 11) is 0. The molecule has 1 saturated heterocycles. The van der Waals surface area contributed by atoms with Gasteiger partial charge in [-0.15, -0.1) is 12.4 Å². The molecule has 0 radical (unpaired) electrons. The highest BCUT2D eigenvalue weighted by molar-refractivity contribution is 5.85. The SMILES string of the molecule is Cl.OC1CNCC1F. The van der Waals surface area contributed by atoms with Gasteiger partial charge in [0.05, 0.1) is 6.10 Å². The Balaban J connectivity index is 0.000000490. The summed E-state index contributed by atoms with van der Waals surface area (Å²) in [5.41, 5.74) is 0. The van der Waals surface area contributed by atoms with Crippen LogP contribution in [0.4, 0.5) is 4.39 Å². The minimum atomic E-state index is -1.04. The third-order valence-corrected chi connectivity index (χ3v) is 1.11. The van der Waals surface area contributed by atoms with Crippen LogP contribution < -0.4 is 5.32 Å². The lowest BCUT2D eigenvalue weighted by Gasteiger charge is -1.98. The zero-order chi connectivity index (χ0) is 5.28. The normalized spacial score (nSPS) is 36.8. The van der Waals surface area contributed by atoms with Gasteiger partial charge < -0.3 is 10.4 Å². The van der Waals surface area contributed by atoms with Gasteiger partial charge in [0.15, 0.2) is 0 Å². The number of rotatable bonds is 0. The van der Waals surface area contributed by atoms with E-state index < -0.39 is 12.3 Å². The van der Waals surface area contributed by atoms with E-state index in [9.17, 15) is 4.39 Å². The quantitative estimate of drug-likeness (QED) is 0.486. The van der Waals surface area contributed by atoms with Crippen molar-refractivity contribution in [3.63, 3.8) is 0 Å². The number of nitrogens with one attached hydrogen (secondary N) is 1. The monoisotopic (exact) mass is 141 g/mol. The molecule has 8 heavy (non-hydrogen) atoms. The first kappa shape index (κ1) is 8.14. The average molecular weight is 142 g/mol. The second-order valence-corrected chi connectivity index (χ2v) is 1.74. The van der Waals surface area contributed by atoms with Crippen molar-refractivity contribution in [1.29, 1.82) is 0 Å². The van der Waals surface area contributed by atoms with Crippen molar-refractivity contribution in [2.75, 3.05) is 13.1 Å². The molecule has 1 fully saturated rings. The third kappa shape index (κ3) is 1.58. The molecule has 1 heterocycles. The van der Waals surface area contributed by atoms with E-state index in [2.05, 4.69) is 5.32 Å². The van der Waals surface area contributed by atoms with Crippen LogP contribution in [-0.4, -0.2) is 30.5 Å². The molecule has 0 spiro atoms. The molecule has 2 N–H and O–H groups in total. The number of β-amino-alcohol motifs (C(OH)–C–C–N with tert-alkyl or cyclic N) is 1. The van der Waals surface area contributed by atoms with Gasteiger partial charge in [0.25, 0.3) is 0 Å². The summed E-state index contributed by atoms with van der Waals surface area (Å²) in [6.07, 6.45) is -1.81. The molecule has 0 saturated carbocycles. The summed E-state index contributed by atoms with van der Waals surface area (Å²) < 4.78 is 12.0. The number of hydrogen-bond acceptors (Lipinski definition) is 2. The van der Waals surface area contributed by atoms with E-state index in [0.717, 1.165) is 0 Å². The summed E-state index contributed by atoms with van der Waals surface area (Å²) in [5.74, 6) is 0. The molecule has 1 aliphatic heterocycles. The molecule has 1 aliphatic rings. The number of hydrogen-bond donors (Lipinski definition) is 2. The van der Waals surface area contributed by atoms with E-state index in [1.54, 1.807) is 0 Å². The molecule has 2 nitrogen and oxygen atoms in total. The van der Waals surface area contributed by atoms with Crippen LogP contribution in [0, 0.1) is 0 Å². The largest absolute Gasteiger partial charge is 0.389 e. The summed E-state index contributed by atoms with van der Waals surface area (Å²) in [6.45, 7) is 0.711. The summed E-state index contributed by atoms with van der Waals surface area (Å²) >= 11 is 0. The molecule has 50 valence electrons. The van der Waals surface area contributed by atoms with Crippen molar-refractivity contribution < 1.29 is 9.50 Å². The zero-order valence-electron chi connectivity index (χ0n) is 4.30. The Morgan fingerprint density at radius 1 is 1.50 bits per heavy atom. The Bertz CT molecular complexity index is 65.1. The van der Waals surface area contributed by atoms with Crippen LogP contribution in [0.2, 0.25) is 0 Å². The Kier molecular flexibility index (Phi) is 3.28. The fourth-order valence-electron chi connectivity index (χ4n) is 0.633. The highest BCUT2D eigenvalue weighted by atomic mass is 35.5. The van der Waals surface area contributed by atoms with Gasteiger partial charge in [-0.1, -0.05) is 0 Å². The van der Waals surface area contributed by atoms with Crippen LogP contribution in [0.25, 0.3) is 0 Å². The second kappa shape index (κ2) is 3.22. The van der Waals surface area contributed by atoms with Crippen molar-refractivity contribution in [1.82, 2.24) is 5.32 Å². The van der Waals surface area contributed by atoms with E-state index in [0.29, 0.717) is 13.1 Å². The molecule has 2 unspecified atom stereocenters. The Morgan fingerprint density at radius 2 is 2.12 bits per heavy atom. The molecule has 4 heteroatoms. The third-order valence-electron chi connectivity index (χ3n) is 1.11. The standard InChI is InChI=1S/C4H8FNO.ClH/c5-3-1-6-2-4(3)7;/h3-4,6-7H,1-2H2;1H. The highest BCUT2D eigenvalue weighted by Crippen LogP contribution is 2.01. The van der Waals surface area contributed by atoms with Crippen molar-refractivity contribution in [3.05, 3.63) is 0 Å². The van der Waals surface area contributed by atoms with Gasteiger partial charge in [0.1, 0.15) is 6.17 Å². The lowest BCUT2D eigenvalue weighted by molar-refractivity contribution is 0.118. The van der Waals surface area contributed by atoms with E-state index >= 15 is 0 Å². The maximum absolute atomic E-state index is 12.0. The number of halogens is 2. The molecule has 0 aliphatic carbocycles. The van der Waals surface area contributed by atoms with Crippen LogP contribution in [0.5, 0.6) is 0 Å². The average Bonchev–Trinajstić information content (AvgIpc) is 1.91. The second-order valence-electron chi connectivity index (χ2n) is 1.74. The first-order chi connectivity index (χ1) is 3.30. The molecule has 2 atom stereocenters. The topological polar surface area (TPSA) is 32.3 Å². The lowest BCUT2D eigenvalue weighted by Crippen LogP contribution is -2.17. The van der Waals surface area contributed by atoms with E-state index in [1.165, 1.54) is 0 Å². The Hall–Kier alpha value is 0.140. The van der Waals surface area contributed by atoms with E-state index in [1.807, 2.05) is 0 Å². The first-order valence-electron chi connectivity index (χ1n) is 2.33. The van der Waals surface area contributed by atoms with Gasteiger partial charge in [-0.25, -0.2) is 4.39 Å². The lowest BCUT2D eigenvalue weighted by atomic mass is 10.3. The van der Waals surface area contributed by atoms with E-state index in [-0.39, 0.29) is 12.4 Å². The molecule has 0 amide bonds. The number of alkyl halides is 1. The molecule has 0 bridgehead atoms. The first-order valence-corrected chi connectivity index (χ1v) is 2.33. The van der Waals surface area contributed by atoms with Gasteiger partial charge in [-0.3, -0.25) is 0 Å². The summed E-state index contributed by atoms with van der Waals surface area (Å²) in [6, 6.07) is 0. The highest BCUT2D eigenvalue weighted by Gasteiger charge is 2.23. The molecule has 0 aromatic rings. The van der Waals surface area contributed by atoms with Crippen molar-refractivity contribution in [2.24, 2.45) is 0 Å². The van der Waals surface area contributed by atoms with Crippen LogP contribution in [-0.2, 0) is 0 Å². The predicted octanol–water partition coefficient (Wildman–Crippen LogP) is -0.290. The van der Waals surface area contributed by atoms with Crippen molar-refractivity contribution >= 4 is 12.4 Å². The molecule has 0 aromatic heterocycles. The molecular formula is C4H9ClFNO. The van der Waals surface area contributed by atoms with E-state index in [4.69, 9.17) is 5.11 Å². The smallest absolute Gasteiger partial charge is 0.139 e. The van der Waals surface area contributed by atoms with Crippen LogP contribution in [0.15, 0.2) is 0 Å². The summed E-state index contributed by atoms with van der Waals surface area (Å²) in [4.78, 5) is 0. The minimum Gasteiger partial charge on any atom is -0.389 e. The van der Waals surface area contributed by atoms with Crippen LogP contribution in [0.3, 0.4) is 0 Å². The predicted molar refractivity (Wildman–Crippen MR) is 31.0 cm³/mol. The maximum atomic E-state index is 12.0. The minimum absolute atomic E-state index is 0. The van der Waals surface area contributed by atoms with Gasteiger partial charge in [-0.05, 0) is 0 Å². The van der Waals surface area contributed by atoms with Gasteiger partial charge in [-0.2, -0.15) is 0 Å².